The van der Waals surface area contributed by atoms with Gasteiger partial charge in [-0.25, -0.2) is 0 Å². The molecule has 1 fully saturated rings. The molecule has 19 heavy (non-hydrogen) atoms. The van der Waals surface area contributed by atoms with E-state index < -0.39 is 0 Å². The molecule has 2 atom stereocenters. The predicted octanol–water partition coefficient (Wildman–Crippen LogP) is 1.75. The van der Waals surface area contributed by atoms with Crippen LogP contribution in [0.3, 0.4) is 0 Å². The minimum atomic E-state index is -0.291. The number of amides is 1. The van der Waals surface area contributed by atoms with Crippen LogP contribution < -0.4 is 10.6 Å². The fraction of sp³-hybridized carbons (Fsp3) is 0.462. The Morgan fingerprint density at radius 2 is 2.26 bits per heavy atom. The fourth-order valence-corrected chi connectivity index (χ4v) is 2.16. The van der Waals surface area contributed by atoms with Crippen molar-refractivity contribution in [3.63, 3.8) is 0 Å². The second kappa shape index (κ2) is 7.70. The molecule has 1 aliphatic heterocycles. The van der Waals surface area contributed by atoms with Crippen molar-refractivity contribution < 1.29 is 9.53 Å². The summed E-state index contributed by atoms with van der Waals surface area (Å²) in [5.74, 6) is -0.0536. The van der Waals surface area contributed by atoms with Crippen molar-refractivity contribution in [2.24, 2.45) is 0 Å². The van der Waals surface area contributed by atoms with Gasteiger partial charge in [0.1, 0.15) is 6.04 Å². The van der Waals surface area contributed by atoms with E-state index >= 15 is 0 Å². The van der Waals surface area contributed by atoms with E-state index in [2.05, 4.69) is 10.6 Å². The number of nitrogens with one attached hydrogen (secondary N) is 2. The third-order valence-corrected chi connectivity index (χ3v) is 3.38. The zero-order valence-electron chi connectivity index (χ0n) is 10.7. The first kappa shape index (κ1) is 16.2. The molecule has 1 saturated heterocycles. The van der Waals surface area contributed by atoms with Gasteiger partial charge in [-0.05, 0) is 18.6 Å². The van der Waals surface area contributed by atoms with Gasteiger partial charge in [-0.2, -0.15) is 0 Å². The standard InChI is InChI=1S/C13H17ClN2O2.ClH/c1-9-12(15-6-7-18-9)13(17)16-8-10-4-2-3-5-11(10)14;/h2-5,9,12,15H,6-8H2,1H3,(H,16,17);1H/t9-,12+;/m1./s1. The van der Waals surface area contributed by atoms with Gasteiger partial charge < -0.3 is 15.4 Å². The van der Waals surface area contributed by atoms with Crippen molar-refractivity contribution >= 4 is 29.9 Å². The number of benzene rings is 1. The van der Waals surface area contributed by atoms with Crippen molar-refractivity contribution in [1.29, 1.82) is 0 Å². The minimum Gasteiger partial charge on any atom is -0.375 e. The fourth-order valence-electron chi connectivity index (χ4n) is 1.96. The number of ether oxygens (including phenoxy) is 1. The first-order valence-electron chi connectivity index (χ1n) is 6.04. The van der Waals surface area contributed by atoms with Gasteiger partial charge in [0.25, 0.3) is 0 Å². The summed E-state index contributed by atoms with van der Waals surface area (Å²) >= 11 is 6.03. The number of hydrogen-bond donors (Lipinski definition) is 2. The summed E-state index contributed by atoms with van der Waals surface area (Å²) in [6.45, 7) is 3.68. The zero-order valence-corrected chi connectivity index (χ0v) is 12.3. The number of hydrogen-bond acceptors (Lipinski definition) is 3. The second-order valence-corrected chi connectivity index (χ2v) is 4.72. The maximum Gasteiger partial charge on any atom is 0.240 e. The lowest BCUT2D eigenvalue weighted by Gasteiger charge is -2.29. The molecule has 0 aromatic heterocycles. The molecule has 2 rings (SSSR count). The molecule has 4 nitrogen and oxygen atoms in total. The molecular formula is C13H18Cl2N2O2. The molecule has 1 aromatic carbocycles. The monoisotopic (exact) mass is 304 g/mol. The summed E-state index contributed by atoms with van der Waals surface area (Å²) in [5.41, 5.74) is 0.914. The molecule has 0 radical (unpaired) electrons. The topological polar surface area (TPSA) is 50.4 Å². The van der Waals surface area contributed by atoms with Crippen molar-refractivity contribution in [1.82, 2.24) is 10.6 Å². The highest BCUT2D eigenvalue weighted by atomic mass is 35.5. The number of carbonyl (C=O) groups excluding carboxylic acids is 1. The summed E-state index contributed by atoms with van der Waals surface area (Å²) in [7, 11) is 0. The van der Waals surface area contributed by atoms with E-state index in [1.165, 1.54) is 0 Å². The van der Waals surface area contributed by atoms with Gasteiger partial charge >= 0.3 is 0 Å². The van der Waals surface area contributed by atoms with Gasteiger partial charge in [0.05, 0.1) is 12.7 Å². The molecule has 0 aliphatic carbocycles. The lowest BCUT2D eigenvalue weighted by atomic mass is 10.1. The Hall–Kier alpha value is -0.810. The number of rotatable bonds is 3. The first-order chi connectivity index (χ1) is 8.68. The molecule has 0 unspecified atom stereocenters. The van der Waals surface area contributed by atoms with Crippen LogP contribution in [0.4, 0.5) is 0 Å². The van der Waals surface area contributed by atoms with E-state index in [1.807, 2.05) is 31.2 Å². The van der Waals surface area contributed by atoms with Crippen molar-refractivity contribution in [2.75, 3.05) is 13.2 Å². The first-order valence-corrected chi connectivity index (χ1v) is 6.42. The molecular weight excluding hydrogens is 287 g/mol. The van der Waals surface area contributed by atoms with E-state index in [0.717, 1.165) is 5.56 Å². The molecule has 0 bridgehead atoms. The van der Waals surface area contributed by atoms with Crippen LogP contribution in [0.25, 0.3) is 0 Å². The predicted molar refractivity (Wildman–Crippen MR) is 77.8 cm³/mol. The second-order valence-electron chi connectivity index (χ2n) is 4.32. The maximum absolute atomic E-state index is 12.0. The summed E-state index contributed by atoms with van der Waals surface area (Å²) in [5, 5.41) is 6.69. The Morgan fingerprint density at radius 1 is 1.53 bits per heavy atom. The van der Waals surface area contributed by atoms with Crippen molar-refractivity contribution in [2.45, 2.75) is 25.6 Å². The number of morpholine rings is 1. The average molecular weight is 305 g/mol. The lowest BCUT2D eigenvalue weighted by Crippen LogP contribution is -2.55. The van der Waals surface area contributed by atoms with Gasteiger partial charge in [-0.3, -0.25) is 4.79 Å². The van der Waals surface area contributed by atoms with Gasteiger partial charge in [0.2, 0.25) is 5.91 Å². The molecule has 2 N–H and O–H groups in total. The largest absolute Gasteiger partial charge is 0.375 e. The molecule has 1 aliphatic rings. The molecule has 1 heterocycles. The molecule has 0 spiro atoms. The Kier molecular flexibility index (Phi) is 6.58. The van der Waals surface area contributed by atoms with Crippen molar-refractivity contribution in [3.8, 4) is 0 Å². The van der Waals surface area contributed by atoms with Gasteiger partial charge in [0, 0.05) is 18.1 Å². The lowest BCUT2D eigenvalue weighted by molar-refractivity contribution is -0.129. The van der Waals surface area contributed by atoms with Gasteiger partial charge in [0.15, 0.2) is 0 Å². The Bertz CT molecular complexity index is 429. The molecule has 1 amide bonds. The number of carbonyl (C=O) groups is 1. The van der Waals surface area contributed by atoms with Crippen LogP contribution in [0.1, 0.15) is 12.5 Å². The van der Waals surface area contributed by atoms with Crippen molar-refractivity contribution in [3.05, 3.63) is 34.9 Å². The Morgan fingerprint density at radius 3 is 2.95 bits per heavy atom. The van der Waals surface area contributed by atoms with Crippen LogP contribution in [0, 0.1) is 0 Å². The Labute approximate surface area is 124 Å². The van der Waals surface area contributed by atoms with Crippen LogP contribution in [0.2, 0.25) is 5.02 Å². The molecule has 1 aromatic rings. The van der Waals surface area contributed by atoms with E-state index in [1.54, 1.807) is 0 Å². The highest BCUT2D eigenvalue weighted by Crippen LogP contribution is 2.14. The van der Waals surface area contributed by atoms with Gasteiger partial charge in [-0.1, -0.05) is 29.8 Å². The SMILES string of the molecule is C[C@H]1OCCN[C@@H]1C(=O)NCc1ccccc1Cl.Cl. The quantitative estimate of drug-likeness (QED) is 0.894. The van der Waals surface area contributed by atoms with Crippen LogP contribution >= 0.6 is 24.0 Å². The Balaban J connectivity index is 0.00000180. The molecule has 106 valence electrons. The van der Waals surface area contributed by atoms with E-state index in [0.29, 0.717) is 24.7 Å². The third-order valence-electron chi connectivity index (χ3n) is 3.01. The summed E-state index contributed by atoms with van der Waals surface area (Å²) in [6, 6.07) is 7.19. The summed E-state index contributed by atoms with van der Waals surface area (Å²) < 4.78 is 5.44. The smallest absolute Gasteiger partial charge is 0.240 e. The maximum atomic E-state index is 12.0. The summed E-state index contributed by atoms with van der Waals surface area (Å²) in [6.07, 6.45) is -0.106. The van der Waals surface area contributed by atoms with Crippen LogP contribution in [0.5, 0.6) is 0 Å². The van der Waals surface area contributed by atoms with E-state index in [4.69, 9.17) is 16.3 Å². The third kappa shape index (κ3) is 4.35. The van der Waals surface area contributed by atoms with E-state index in [-0.39, 0.29) is 30.5 Å². The van der Waals surface area contributed by atoms with Gasteiger partial charge in [-0.15, -0.1) is 12.4 Å². The molecule has 0 saturated carbocycles. The summed E-state index contributed by atoms with van der Waals surface area (Å²) in [4.78, 5) is 12.0. The molecule has 6 heteroatoms. The average Bonchev–Trinajstić information content (AvgIpc) is 2.38. The van der Waals surface area contributed by atoms with Crippen LogP contribution in [-0.4, -0.2) is 31.2 Å². The van der Waals surface area contributed by atoms with Crippen LogP contribution in [-0.2, 0) is 16.1 Å². The number of halogens is 2. The highest BCUT2D eigenvalue weighted by Gasteiger charge is 2.27. The highest BCUT2D eigenvalue weighted by molar-refractivity contribution is 6.31. The zero-order chi connectivity index (χ0) is 13.0. The van der Waals surface area contributed by atoms with E-state index in [9.17, 15) is 4.79 Å². The van der Waals surface area contributed by atoms with Crippen LogP contribution in [0.15, 0.2) is 24.3 Å². The minimum absolute atomic E-state index is 0. The normalized spacial score (nSPS) is 22.4.